The maximum atomic E-state index is 7.96. The SMILES string of the molecule is CCCOC(=N)C#N. The van der Waals surface area contributed by atoms with Gasteiger partial charge in [0.15, 0.2) is 6.07 Å². The summed E-state index contributed by atoms with van der Waals surface area (Å²) in [6, 6.07) is 1.56. The third-order valence-electron chi connectivity index (χ3n) is 0.552. The van der Waals surface area contributed by atoms with Crippen molar-refractivity contribution >= 4 is 5.90 Å². The number of nitrogens with one attached hydrogen (secondary N) is 1. The molecule has 0 saturated heterocycles. The van der Waals surface area contributed by atoms with E-state index in [-0.39, 0.29) is 5.90 Å². The van der Waals surface area contributed by atoms with Crippen molar-refractivity contribution in [1.82, 2.24) is 0 Å². The molecule has 0 aliphatic heterocycles. The Bertz CT molecular complexity index is 114. The lowest BCUT2D eigenvalue weighted by molar-refractivity contribution is 0.306. The van der Waals surface area contributed by atoms with E-state index < -0.39 is 0 Å². The van der Waals surface area contributed by atoms with Crippen LogP contribution in [0.5, 0.6) is 0 Å². The second-order valence-corrected chi connectivity index (χ2v) is 1.29. The largest absolute Gasteiger partial charge is 0.470 e. The molecule has 0 heterocycles. The van der Waals surface area contributed by atoms with Crippen molar-refractivity contribution in [1.29, 1.82) is 10.7 Å². The molecule has 0 spiro atoms. The first-order valence-electron chi connectivity index (χ1n) is 2.42. The number of nitrogens with zero attached hydrogens (tertiary/aromatic N) is 1. The summed E-state index contributed by atoms with van der Waals surface area (Å²) in [5, 5.41) is 14.6. The van der Waals surface area contributed by atoms with Crippen LogP contribution in [0.1, 0.15) is 13.3 Å². The minimum Gasteiger partial charge on any atom is -0.470 e. The van der Waals surface area contributed by atoms with Gasteiger partial charge in [0.05, 0.1) is 6.61 Å². The van der Waals surface area contributed by atoms with E-state index >= 15 is 0 Å². The fourth-order valence-electron chi connectivity index (χ4n) is 0.236. The normalized spacial score (nSPS) is 7.50. The Hall–Kier alpha value is -1.04. The standard InChI is InChI=1S/C5H8N2O/c1-2-3-8-5(7)4-6/h7H,2-3H2,1H3. The van der Waals surface area contributed by atoms with E-state index in [0.717, 1.165) is 6.42 Å². The van der Waals surface area contributed by atoms with Crippen molar-refractivity contribution in [3.8, 4) is 6.07 Å². The Labute approximate surface area is 48.4 Å². The molecule has 0 aliphatic rings. The molecule has 0 amide bonds. The highest BCUT2D eigenvalue weighted by molar-refractivity contribution is 5.88. The van der Waals surface area contributed by atoms with Gasteiger partial charge in [0.1, 0.15) is 0 Å². The van der Waals surface area contributed by atoms with Crippen LogP contribution in [0.25, 0.3) is 0 Å². The predicted octanol–water partition coefficient (Wildman–Crippen LogP) is 0.914. The minimum absolute atomic E-state index is 0.299. The van der Waals surface area contributed by atoms with Gasteiger partial charge in [-0.05, 0) is 6.42 Å². The lowest BCUT2D eigenvalue weighted by Gasteiger charge is -1.94. The Morgan fingerprint density at radius 2 is 2.50 bits per heavy atom. The molecule has 0 aromatic heterocycles. The van der Waals surface area contributed by atoms with E-state index in [9.17, 15) is 0 Å². The van der Waals surface area contributed by atoms with E-state index in [1.54, 1.807) is 6.07 Å². The van der Waals surface area contributed by atoms with Crippen LogP contribution in [0, 0.1) is 16.7 Å². The Morgan fingerprint density at radius 1 is 1.88 bits per heavy atom. The highest BCUT2D eigenvalue weighted by Gasteiger charge is 1.88. The van der Waals surface area contributed by atoms with Crippen molar-refractivity contribution in [3.63, 3.8) is 0 Å². The first-order valence-corrected chi connectivity index (χ1v) is 2.42. The molecule has 3 heteroatoms. The molecule has 44 valence electrons. The fourth-order valence-corrected chi connectivity index (χ4v) is 0.236. The second kappa shape index (κ2) is 4.13. The highest BCUT2D eigenvalue weighted by atomic mass is 16.5. The number of hydrogen-bond acceptors (Lipinski definition) is 3. The molecule has 0 aromatic carbocycles. The van der Waals surface area contributed by atoms with Crippen molar-refractivity contribution in [3.05, 3.63) is 0 Å². The van der Waals surface area contributed by atoms with Crippen molar-refractivity contribution < 1.29 is 4.74 Å². The van der Waals surface area contributed by atoms with E-state index in [1.165, 1.54) is 0 Å². The zero-order valence-electron chi connectivity index (χ0n) is 4.77. The molecule has 0 bridgehead atoms. The lowest BCUT2D eigenvalue weighted by atomic mass is 10.5. The second-order valence-electron chi connectivity index (χ2n) is 1.29. The molecule has 0 fully saturated rings. The third-order valence-corrected chi connectivity index (χ3v) is 0.552. The summed E-state index contributed by atoms with van der Waals surface area (Å²) in [5.41, 5.74) is 0. The van der Waals surface area contributed by atoms with Crippen molar-refractivity contribution in [2.75, 3.05) is 6.61 Å². The number of hydrogen-bond donors (Lipinski definition) is 1. The molecule has 0 unspecified atom stereocenters. The van der Waals surface area contributed by atoms with E-state index in [4.69, 9.17) is 10.7 Å². The summed E-state index contributed by atoms with van der Waals surface area (Å²) in [7, 11) is 0. The predicted molar refractivity (Wildman–Crippen MR) is 29.6 cm³/mol. The van der Waals surface area contributed by atoms with Crippen LogP contribution < -0.4 is 0 Å². The molecular weight excluding hydrogens is 104 g/mol. The number of rotatable bonds is 2. The van der Waals surface area contributed by atoms with Crippen LogP contribution in [0.3, 0.4) is 0 Å². The molecule has 0 aromatic rings. The Morgan fingerprint density at radius 3 is 2.88 bits per heavy atom. The molecule has 0 aliphatic carbocycles. The summed E-state index contributed by atoms with van der Waals surface area (Å²) >= 11 is 0. The minimum atomic E-state index is -0.299. The fraction of sp³-hybridized carbons (Fsp3) is 0.600. The van der Waals surface area contributed by atoms with Gasteiger partial charge in [-0.15, -0.1) is 0 Å². The third kappa shape index (κ3) is 3.16. The van der Waals surface area contributed by atoms with E-state index in [0.29, 0.717) is 6.61 Å². The van der Waals surface area contributed by atoms with Crippen molar-refractivity contribution in [2.45, 2.75) is 13.3 Å². The van der Waals surface area contributed by atoms with Crippen LogP contribution in [0.15, 0.2) is 0 Å². The molecule has 3 nitrogen and oxygen atoms in total. The molecular formula is C5H8N2O. The molecule has 0 rings (SSSR count). The average Bonchev–Trinajstić information content (AvgIpc) is 1.83. The molecule has 8 heavy (non-hydrogen) atoms. The van der Waals surface area contributed by atoms with Gasteiger partial charge in [-0.3, -0.25) is 5.41 Å². The van der Waals surface area contributed by atoms with Gasteiger partial charge in [-0.25, -0.2) is 0 Å². The molecule has 0 radical (unpaired) electrons. The molecule has 0 saturated carbocycles. The van der Waals surface area contributed by atoms with Crippen LogP contribution in [0.4, 0.5) is 0 Å². The first kappa shape index (κ1) is 6.96. The quantitative estimate of drug-likeness (QED) is 0.426. The monoisotopic (exact) mass is 112 g/mol. The Balaban J connectivity index is 3.16. The Kier molecular flexibility index (Phi) is 3.59. The number of ether oxygens (including phenoxy) is 1. The number of nitriles is 1. The van der Waals surface area contributed by atoms with Gasteiger partial charge in [-0.2, -0.15) is 5.26 Å². The van der Waals surface area contributed by atoms with Gasteiger partial charge in [0, 0.05) is 0 Å². The van der Waals surface area contributed by atoms with E-state index in [2.05, 4.69) is 4.74 Å². The summed E-state index contributed by atoms with van der Waals surface area (Å²) in [5.74, 6) is -0.299. The summed E-state index contributed by atoms with van der Waals surface area (Å²) in [6.07, 6.45) is 0.837. The average molecular weight is 112 g/mol. The maximum Gasteiger partial charge on any atom is 0.287 e. The highest BCUT2D eigenvalue weighted by Crippen LogP contribution is 1.79. The van der Waals surface area contributed by atoms with E-state index in [1.807, 2.05) is 6.92 Å². The summed E-state index contributed by atoms with van der Waals surface area (Å²) in [4.78, 5) is 0. The van der Waals surface area contributed by atoms with Crippen LogP contribution in [-0.4, -0.2) is 12.5 Å². The lowest BCUT2D eigenvalue weighted by Crippen LogP contribution is -1.99. The maximum absolute atomic E-state index is 7.96. The zero-order valence-corrected chi connectivity index (χ0v) is 4.77. The first-order chi connectivity index (χ1) is 3.81. The zero-order chi connectivity index (χ0) is 6.41. The van der Waals surface area contributed by atoms with Crippen LogP contribution in [-0.2, 0) is 4.74 Å². The van der Waals surface area contributed by atoms with Gasteiger partial charge in [0.25, 0.3) is 5.90 Å². The van der Waals surface area contributed by atoms with Crippen LogP contribution >= 0.6 is 0 Å². The summed E-state index contributed by atoms with van der Waals surface area (Å²) < 4.78 is 4.56. The van der Waals surface area contributed by atoms with Crippen molar-refractivity contribution in [2.24, 2.45) is 0 Å². The van der Waals surface area contributed by atoms with Crippen LogP contribution in [0.2, 0.25) is 0 Å². The topological polar surface area (TPSA) is 56.9 Å². The van der Waals surface area contributed by atoms with Gasteiger partial charge >= 0.3 is 0 Å². The smallest absolute Gasteiger partial charge is 0.287 e. The summed E-state index contributed by atoms with van der Waals surface area (Å²) in [6.45, 7) is 2.39. The van der Waals surface area contributed by atoms with Gasteiger partial charge in [0.2, 0.25) is 0 Å². The molecule has 1 N–H and O–H groups in total. The van der Waals surface area contributed by atoms with Gasteiger partial charge < -0.3 is 4.74 Å². The molecule has 0 atom stereocenters. The van der Waals surface area contributed by atoms with Gasteiger partial charge in [-0.1, -0.05) is 6.92 Å².